The predicted molar refractivity (Wildman–Crippen MR) is 101 cm³/mol. The standard InChI is InChI=1S/C20H32N4O/c1-20(2,3)9-10-23-11-13-24(14-12-23)19(25)17-15-21-22-18(17)16-7-5-4-6-8-16/h4-8,17-18,21-22H,9-15H2,1-3H3. The lowest BCUT2D eigenvalue weighted by Crippen LogP contribution is -2.51. The molecule has 1 aromatic carbocycles. The minimum absolute atomic E-state index is 0.0245. The van der Waals surface area contributed by atoms with Crippen LogP contribution in [0, 0.1) is 11.3 Å². The number of amides is 1. The summed E-state index contributed by atoms with van der Waals surface area (Å²) >= 11 is 0. The Hall–Kier alpha value is -1.43. The van der Waals surface area contributed by atoms with Gasteiger partial charge in [-0.05, 0) is 23.9 Å². The molecular formula is C20H32N4O. The number of hydrazine groups is 1. The molecule has 2 N–H and O–H groups in total. The third-order valence-electron chi connectivity index (χ3n) is 5.32. The van der Waals surface area contributed by atoms with Gasteiger partial charge < -0.3 is 4.90 Å². The summed E-state index contributed by atoms with van der Waals surface area (Å²) in [6, 6.07) is 10.3. The molecule has 5 nitrogen and oxygen atoms in total. The summed E-state index contributed by atoms with van der Waals surface area (Å²) in [5.74, 6) is 0.255. The van der Waals surface area contributed by atoms with Gasteiger partial charge in [0, 0.05) is 32.7 Å². The zero-order chi connectivity index (χ0) is 17.9. The van der Waals surface area contributed by atoms with Crippen molar-refractivity contribution in [3.05, 3.63) is 35.9 Å². The van der Waals surface area contributed by atoms with Crippen LogP contribution in [0.2, 0.25) is 0 Å². The second-order valence-corrected chi connectivity index (χ2v) is 8.50. The maximum Gasteiger partial charge on any atom is 0.229 e. The van der Waals surface area contributed by atoms with Crippen molar-refractivity contribution >= 4 is 5.91 Å². The fraction of sp³-hybridized carbons (Fsp3) is 0.650. The molecule has 2 unspecified atom stereocenters. The minimum Gasteiger partial charge on any atom is -0.340 e. The zero-order valence-electron chi connectivity index (χ0n) is 15.8. The summed E-state index contributed by atoms with van der Waals surface area (Å²) < 4.78 is 0. The Kier molecular flexibility index (Phi) is 5.77. The van der Waals surface area contributed by atoms with Crippen molar-refractivity contribution in [2.75, 3.05) is 39.3 Å². The number of carbonyl (C=O) groups is 1. The van der Waals surface area contributed by atoms with Gasteiger partial charge in [-0.3, -0.25) is 15.1 Å². The molecule has 1 aromatic rings. The summed E-state index contributed by atoms with van der Waals surface area (Å²) in [5, 5.41) is 0. The molecule has 2 aliphatic rings. The summed E-state index contributed by atoms with van der Waals surface area (Å²) in [6.07, 6.45) is 1.20. The van der Waals surface area contributed by atoms with Crippen LogP contribution >= 0.6 is 0 Å². The number of hydrogen-bond donors (Lipinski definition) is 2. The van der Waals surface area contributed by atoms with Gasteiger partial charge in [-0.1, -0.05) is 51.1 Å². The van der Waals surface area contributed by atoms with Crippen LogP contribution in [0.15, 0.2) is 30.3 Å². The van der Waals surface area contributed by atoms with Crippen molar-refractivity contribution in [1.29, 1.82) is 0 Å². The highest BCUT2D eigenvalue weighted by atomic mass is 16.2. The molecule has 3 rings (SSSR count). The first-order valence-electron chi connectivity index (χ1n) is 9.48. The van der Waals surface area contributed by atoms with Gasteiger partial charge in [0.2, 0.25) is 5.91 Å². The minimum atomic E-state index is -0.0245. The molecule has 2 fully saturated rings. The highest BCUT2D eigenvalue weighted by Crippen LogP contribution is 2.27. The van der Waals surface area contributed by atoms with E-state index in [2.05, 4.69) is 53.6 Å². The van der Waals surface area contributed by atoms with E-state index in [1.807, 2.05) is 18.2 Å². The smallest absolute Gasteiger partial charge is 0.229 e. The van der Waals surface area contributed by atoms with E-state index in [1.165, 1.54) is 12.0 Å². The number of hydrogen-bond acceptors (Lipinski definition) is 4. The Morgan fingerprint density at radius 2 is 1.80 bits per heavy atom. The normalized spacial score (nSPS) is 25.3. The maximum absolute atomic E-state index is 13.0. The number of benzene rings is 1. The first-order chi connectivity index (χ1) is 11.9. The third kappa shape index (κ3) is 4.81. The Bertz CT molecular complexity index is 561. The van der Waals surface area contributed by atoms with E-state index in [1.54, 1.807) is 0 Å². The average molecular weight is 345 g/mol. The Morgan fingerprint density at radius 3 is 2.44 bits per heavy atom. The number of nitrogens with zero attached hydrogens (tertiary/aromatic N) is 2. The van der Waals surface area contributed by atoms with Gasteiger partial charge in [0.15, 0.2) is 0 Å². The van der Waals surface area contributed by atoms with Crippen molar-refractivity contribution in [3.63, 3.8) is 0 Å². The van der Waals surface area contributed by atoms with Gasteiger partial charge in [-0.25, -0.2) is 5.43 Å². The van der Waals surface area contributed by atoms with Crippen LogP contribution in [0.1, 0.15) is 38.8 Å². The molecule has 0 aromatic heterocycles. The van der Waals surface area contributed by atoms with Crippen LogP contribution in [0.25, 0.3) is 0 Å². The first-order valence-corrected chi connectivity index (χ1v) is 9.48. The molecule has 1 amide bonds. The molecule has 2 aliphatic heterocycles. The molecule has 2 saturated heterocycles. The van der Waals surface area contributed by atoms with E-state index in [9.17, 15) is 4.79 Å². The molecule has 0 aliphatic carbocycles. The monoisotopic (exact) mass is 344 g/mol. The molecule has 0 bridgehead atoms. The lowest BCUT2D eigenvalue weighted by atomic mass is 9.92. The van der Waals surface area contributed by atoms with Crippen LogP contribution in [-0.4, -0.2) is 55.0 Å². The quantitative estimate of drug-likeness (QED) is 0.877. The van der Waals surface area contributed by atoms with Crippen LogP contribution in [-0.2, 0) is 4.79 Å². The first kappa shape index (κ1) is 18.4. The zero-order valence-corrected chi connectivity index (χ0v) is 15.8. The van der Waals surface area contributed by atoms with Crippen LogP contribution < -0.4 is 10.9 Å². The molecule has 25 heavy (non-hydrogen) atoms. The van der Waals surface area contributed by atoms with E-state index < -0.39 is 0 Å². The van der Waals surface area contributed by atoms with Gasteiger partial charge in [-0.2, -0.15) is 0 Å². The Labute approximate surface area is 151 Å². The van der Waals surface area contributed by atoms with E-state index in [0.29, 0.717) is 12.0 Å². The molecule has 5 heteroatoms. The molecule has 0 radical (unpaired) electrons. The summed E-state index contributed by atoms with van der Waals surface area (Å²) in [5.41, 5.74) is 8.01. The highest BCUT2D eigenvalue weighted by Gasteiger charge is 2.37. The van der Waals surface area contributed by atoms with Crippen molar-refractivity contribution in [2.24, 2.45) is 11.3 Å². The summed E-state index contributed by atoms with van der Waals surface area (Å²) in [4.78, 5) is 17.6. The van der Waals surface area contributed by atoms with Crippen molar-refractivity contribution in [2.45, 2.75) is 33.2 Å². The SMILES string of the molecule is CC(C)(C)CCN1CCN(C(=O)C2CNNC2c2ccccc2)CC1. The van der Waals surface area contributed by atoms with E-state index in [4.69, 9.17) is 0 Å². The second kappa shape index (κ2) is 7.85. The number of piperazine rings is 1. The average Bonchev–Trinajstić information content (AvgIpc) is 3.10. The fourth-order valence-electron chi connectivity index (χ4n) is 3.62. The number of nitrogens with one attached hydrogen (secondary N) is 2. The largest absolute Gasteiger partial charge is 0.340 e. The Morgan fingerprint density at radius 1 is 1.12 bits per heavy atom. The topological polar surface area (TPSA) is 47.6 Å². The molecule has 2 heterocycles. The van der Waals surface area contributed by atoms with E-state index in [0.717, 1.165) is 32.7 Å². The predicted octanol–water partition coefficient (Wildman–Crippen LogP) is 2.03. The molecule has 0 saturated carbocycles. The van der Waals surface area contributed by atoms with Gasteiger partial charge in [0.1, 0.15) is 0 Å². The van der Waals surface area contributed by atoms with Gasteiger partial charge in [0.25, 0.3) is 0 Å². The van der Waals surface area contributed by atoms with Gasteiger partial charge >= 0.3 is 0 Å². The maximum atomic E-state index is 13.0. The number of carbonyl (C=O) groups excluding carboxylic acids is 1. The van der Waals surface area contributed by atoms with Crippen LogP contribution in [0.4, 0.5) is 0 Å². The number of rotatable bonds is 4. The van der Waals surface area contributed by atoms with E-state index in [-0.39, 0.29) is 17.9 Å². The Balaban J connectivity index is 1.54. The molecular weight excluding hydrogens is 312 g/mol. The van der Waals surface area contributed by atoms with E-state index >= 15 is 0 Å². The van der Waals surface area contributed by atoms with Crippen molar-refractivity contribution in [1.82, 2.24) is 20.7 Å². The van der Waals surface area contributed by atoms with Gasteiger partial charge in [-0.15, -0.1) is 0 Å². The fourth-order valence-corrected chi connectivity index (χ4v) is 3.62. The van der Waals surface area contributed by atoms with Crippen LogP contribution in [0.3, 0.4) is 0 Å². The lowest BCUT2D eigenvalue weighted by Gasteiger charge is -2.37. The summed E-state index contributed by atoms with van der Waals surface area (Å²) in [7, 11) is 0. The lowest BCUT2D eigenvalue weighted by molar-refractivity contribution is -0.137. The van der Waals surface area contributed by atoms with Crippen molar-refractivity contribution < 1.29 is 4.79 Å². The highest BCUT2D eigenvalue weighted by molar-refractivity contribution is 5.80. The molecule has 2 atom stereocenters. The molecule has 138 valence electrons. The third-order valence-corrected chi connectivity index (χ3v) is 5.32. The second-order valence-electron chi connectivity index (χ2n) is 8.50. The molecule has 0 spiro atoms. The van der Waals surface area contributed by atoms with Crippen molar-refractivity contribution in [3.8, 4) is 0 Å². The summed E-state index contributed by atoms with van der Waals surface area (Å²) in [6.45, 7) is 12.4. The van der Waals surface area contributed by atoms with Gasteiger partial charge in [0.05, 0.1) is 12.0 Å². The van der Waals surface area contributed by atoms with Crippen LogP contribution in [0.5, 0.6) is 0 Å².